The van der Waals surface area contributed by atoms with Crippen LogP contribution in [0.25, 0.3) is 0 Å². The Kier molecular flexibility index (Phi) is 6.01. The third-order valence-corrected chi connectivity index (χ3v) is 4.18. The maximum Gasteiger partial charge on any atom is 0.255 e. The van der Waals surface area contributed by atoms with Crippen molar-refractivity contribution in [3.63, 3.8) is 0 Å². The molecule has 1 fully saturated rings. The van der Waals surface area contributed by atoms with Crippen molar-refractivity contribution in [3.05, 3.63) is 34.3 Å². The number of ether oxygens (including phenoxy) is 1. The summed E-state index contributed by atoms with van der Waals surface area (Å²) in [5, 5.41) is 8.73. The molecule has 1 aliphatic rings. The summed E-state index contributed by atoms with van der Waals surface area (Å²) in [6, 6.07) is 7.51. The molecule has 1 heterocycles. The van der Waals surface area contributed by atoms with Crippen molar-refractivity contribution in [1.82, 2.24) is 4.90 Å². The van der Waals surface area contributed by atoms with Crippen LogP contribution in [0.3, 0.4) is 0 Å². The standard InChI is InChI=1S/C15H20BrNO3/c16-14-5-2-1-4-13(14)15(19)17-8-6-12(7-9-17)20-11-3-10-18/h1-2,4-5,12,18H,3,6-11H2. The molecule has 20 heavy (non-hydrogen) atoms. The highest BCUT2D eigenvalue weighted by molar-refractivity contribution is 9.10. The van der Waals surface area contributed by atoms with Gasteiger partial charge in [-0.15, -0.1) is 0 Å². The van der Waals surface area contributed by atoms with Gasteiger partial charge in [0.1, 0.15) is 0 Å². The predicted molar refractivity (Wildman–Crippen MR) is 80.7 cm³/mol. The van der Waals surface area contributed by atoms with Crippen LogP contribution < -0.4 is 0 Å². The SMILES string of the molecule is O=C(c1ccccc1Br)N1CCC(OCCCO)CC1. The van der Waals surface area contributed by atoms with Gasteiger partial charge in [-0.25, -0.2) is 0 Å². The molecular formula is C15H20BrNO3. The summed E-state index contributed by atoms with van der Waals surface area (Å²) in [6.45, 7) is 2.21. The van der Waals surface area contributed by atoms with Gasteiger partial charge in [0.15, 0.2) is 0 Å². The lowest BCUT2D eigenvalue weighted by atomic mass is 10.1. The van der Waals surface area contributed by atoms with Crippen molar-refractivity contribution < 1.29 is 14.6 Å². The lowest BCUT2D eigenvalue weighted by molar-refractivity contribution is 0.00395. The van der Waals surface area contributed by atoms with Crippen molar-refractivity contribution >= 4 is 21.8 Å². The van der Waals surface area contributed by atoms with Crippen molar-refractivity contribution in [2.75, 3.05) is 26.3 Å². The van der Waals surface area contributed by atoms with E-state index in [1.165, 1.54) is 0 Å². The Hall–Kier alpha value is -0.910. The lowest BCUT2D eigenvalue weighted by Crippen LogP contribution is -2.41. The summed E-state index contributed by atoms with van der Waals surface area (Å²) in [6.07, 6.45) is 2.61. The summed E-state index contributed by atoms with van der Waals surface area (Å²) in [7, 11) is 0. The molecule has 1 aromatic rings. The average Bonchev–Trinajstić information content (AvgIpc) is 2.48. The predicted octanol–water partition coefficient (Wildman–Crippen LogP) is 2.45. The summed E-state index contributed by atoms with van der Waals surface area (Å²) < 4.78 is 6.51. The fraction of sp³-hybridized carbons (Fsp3) is 0.533. The molecule has 0 spiro atoms. The normalized spacial score (nSPS) is 16.4. The summed E-state index contributed by atoms with van der Waals surface area (Å²) >= 11 is 3.42. The lowest BCUT2D eigenvalue weighted by Gasteiger charge is -2.32. The van der Waals surface area contributed by atoms with E-state index in [2.05, 4.69) is 15.9 Å². The molecule has 0 atom stereocenters. The molecule has 1 amide bonds. The van der Waals surface area contributed by atoms with Gasteiger partial charge < -0.3 is 14.7 Å². The van der Waals surface area contributed by atoms with Gasteiger partial charge in [-0.1, -0.05) is 12.1 Å². The minimum absolute atomic E-state index is 0.0753. The molecule has 0 unspecified atom stereocenters. The Labute approximate surface area is 127 Å². The number of amides is 1. The first-order valence-electron chi connectivity index (χ1n) is 6.98. The largest absolute Gasteiger partial charge is 0.396 e. The molecule has 1 saturated heterocycles. The number of nitrogens with zero attached hydrogens (tertiary/aromatic N) is 1. The molecule has 110 valence electrons. The highest BCUT2D eigenvalue weighted by Gasteiger charge is 2.24. The minimum atomic E-state index is 0.0753. The van der Waals surface area contributed by atoms with E-state index in [-0.39, 0.29) is 18.6 Å². The number of halogens is 1. The zero-order valence-corrected chi connectivity index (χ0v) is 13.0. The van der Waals surface area contributed by atoms with Gasteiger partial charge in [-0.3, -0.25) is 4.79 Å². The number of aliphatic hydroxyl groups is 1. The maximum atomic E-state index is 12.4. The molecule has 1 aliphatic heterocycles. The van der Waals surface area contributed by atoms with Crippen molar-refractivity contribution in [1.29, 1.82) is 0 Å². The molecule has 1 aromatic carbocycles. The Morgan fingerprint density at radius 3 is 2.70 bits per heavy atom. The van der Waals surface area contributed by atoms with E-state index in [1.807, 2.05) is 29.2 Å². The number of piperidine rings is 1. The van der Waals surface area contributed by atoms with E-state index >= 15 is 0 Å². The Balaban J connectivity index is 1.85. The monoisotopic (exact) mass is 341 g/mol. The van der Waals surface area contributed by atoms with Crippen molar-refractivity contribution in [3.8, 4) is 0 Å². The molecule has 0 aliphatic carbocycles. The van der Waals surface area contributed by atoms with Gasteiger partial charge in [0.25, 0.3) is 5.91 Å². The number of likely N-dealkylation sites (tertiary alicyclic amines) is 1. The second-order valence-corrected chi connectivity index (χ2v) is 5.77. The van der Waals surface area contributed by atoms with Gasteiger partial charge in [0, 0.05) is 30.8 Å². The van der Waals surface area contributed by atoms with E-state index in [4.69, 9.17) is 9.84 Å². The molecule has 4 nitrogen and oxygen atoms in total. The van der Waals surface area contributed by atoms with E-state index in [0.29, 0.717) is 18.6 Å². The van der Waals surface area contributed by atoms with Crippen LogP contribution in [0.5, 0.6) is 0 Å². The molecule has 1 N–H and O–H groups in total. The Morgan fingerprint density at radius 2 is 2.05 bits per heavy atom. The first-order valence-corrected chi connectivity index (χ1v) is 7.78. The van der Waals surface area contributed by atoms with Crippen LogP contribution in [-0.4, -0.2) is 48.3 Å². The van der Waals surface area contributed by atoms with E-state index in [0.717, 1.165) is 30.4 Å². The van der Waals surface area contributed by atoms with E-state index in [9.17, 15) is 4.79 Å². The van der Waals surface area contributed by atoms with Crippen LogP contribution >= 0.6 is 15.9 Å². The smallest absolute Gasteiger partial charge is 0.255 e. The second-order valence-electron chi connectivity index (χ2n) is 4.92. The van der Waals surface area contributed by atoms with Crippen LogP contribution in [0, 0.1) is 0 Å². The number of carbonyl (C=O) groups is 1. The average molecular weight is 342 g/mol. The fourth-order valence-corrected chi connectivity index (χ4v) is 2.80. The number of benzene rings is 1. The summed E-state index contributed by atoms with van der Waals surface area (Å²) in [4.78, 5) is 14.3. The number of aliphatic hydroxyl groups excluding tert-OH is 1. The summed E-state index contributed by atoms with van der Waals surface area (Å²) in [5.41, 5.74) is 0.715. The van der Waals surface area contributed by atoms with Crippen LogP contribution in [0.1, 0.15) is 29.6 Å². The van der Waals surface area contributed by atoms with Crippen molar-refractivity contribution in [2.45, 2.75) is 25.4 Å². The zero-order valence-electron chi connectivity index (χ0n) is 11.4. The van der Waals surface area contributed by atoms with Crippen LogP contribution in [0.4, 0.5) is 0 Å². The van der Waals surface area contributed by atoms with Crippen molar-refractivity contribution in [2.24, 2.45) is 0 Å². The Bertz CT molecular complexity index is 444. The second kappa shape index (κ2) is 7.76. The number of hydrogen-bond acceptors (Lipinski definition) is 3. The van der Waals surface area contributed by atoms with Gasteiger partial charge in [0.2, 0.25) is 0 Å². The topological polar surface area (TPSA) is 49.8 Å². The van der Waals surface area contributed by atoms with Crippen LogP contribution in [0.15, 0.2) is 28.7 Å². The zero-order chi connectivity index (χ0) is 14.4. The molecule has 5 heteroatoms. The molecule has 0 saturated carbocycles. The fourth-order valence-electron chi connectivity index (χ4n) is 2.35. The van der Waals surface area contributed by atoms with E-state index < -0.39 is 0 Å². The third-order valence-electron chi connectivity index (χ3n) is 3.49. The molecule has 0 radical (unpaired) electrons. The number of rotatable bonds is 5. The van der Waals surface area contributed by atoms with Crippen LogP contribution in [0.2, 0.25) is 0 Å². The minimum Gasteiger partial charge on any atom is -0.396 e. The van der Waals surface area contributed by atoms with Crippen LogP contribution in [-0.2, 0) is 4.74 Å². The van der Waals surface area contributed by atoms with Gasteiger partial charge in [-0.05, 0) is 47.3 Å². The first-order chi connectivity index (χ1) is 9.72. The highest BCUT2D eigenvalue weighted by Crippen LogP contribution is 2.21. The van der Waals surface area contributed by atoms with Gasteiger partial charge in [-0.2, -0.15) is 0 Å². The van der Waals surface area contributed by atoms with Gasteiger partial charge in [0.05, 0.1) is 11.7 Å². The first kappa shape index (κ1) is 15.5. The molecule has 0 bridgehead atoms. The highest BCUT2D eigenvalue weighted by atomic mass is 79.9. The number of carbonyl (C=O) groups excluding carboxylic acids is 1. The number of hydrogen-bond donors (Lipinski definition) is 1. The van der Waals surface area contributed by atoms with E-state index in [1.54, 1.807) is 0 Å². The third kappa shape index (κ3) is 4.04. The quantitative estimate of drug-likeness (QED) is 0.837. The molecule has 0 aromatic heterocycles. The molecular weight excluding hydrogens is 322 g/mol. The molecule has 2 rings (SSSR count). The van der Waals surface area contributed by atoms with Gasteiger partial charge >= 0.3 is 0 Å². The Morgan fingerprint density at radius 1 is 1.35 bits per heavy atom. The summed E-state index contributed by atoms with van der Waals surface area (Å²) in [5.74, 6) is 0.0753. The maximum absolute atomic E-state index is 12.4.